The Morgan fingerprint density at radius 1 is 1.56 bits per heavy atom. The Labute approximate surface area is 115 Å². The highest BCUT2D eigenvalue weighted by Crippen LogP contribution is 2.31. The van der Waals surface area contributed by atoms with Crippen molar-refractivity contribution >= 4 is 33.5 Å². The lowest BCUT2D eigenvalue weighted by molar-refractivity contribution is -0.136. The molecule has 0 unspecified atom stereocenters. The van der Waals surface area contributed by atoms with E-state index in [2.05, 4.69) is 26.1 Å². The summed E-state index contributed by atoms with van der Waals surface area (Å²) in [7, 11) is 0. The van der Waals surface area contributed by atoms with Gasteiger partial charge in [0.15, 0.2) is 0 Å². The van der Waals surface area contributed by atoms with Crippen molar-refractivity contribution in [2.75, 3.05) is 0 Å². The van der Waals surface area contributed by atoms with Crippen LogP contribution in [0.15, 0.2) is 22.7 Å². The molecule has 2 N–H and O–H groups in total. The second kappa shape index (κ2) is 5.07. The summed E-state index contributed by atoms with van der Waals surface area (Å²) < 4.78 is 13.6. The maximum Gasteiger partial charge on any atom is 0.309 e. The van der Waals surface area contributed by atoms with E-state index < -0.39 is 11.8 Å². The first-order chi connectivity index (χ1) is 8.49. The summed E-state index contributed by atoms with van der Waals surface area (Å²) in [6.07, 6.45) is -0.178. The Morgan fingerprint density at radius 2 is 2.28 bits per heavy atom. The average Bonchev–Trinajstić information content (AvgIpc) is 2.64. The largest absolute Gasteiger partial charge is 0.481 e. The number of benzene rings is 1. The van der Waals surface area contributed by atoms with Gasteiger partial charge < -0.3 is 5.11 Å². The smallest absolute Gasteiger partial charge is 0.309 e. The number of halogens is 3. The predicted molar refractivity (Wildman–Crippen MR) is 68.0 cm³/mol. The maximum absolute atomic E-state index is 13.0. The fraction of sp³-hybridized carbons (Fsp3) is 0.0909. The van der Waals surface area contributed by atoms with Crippen LogP contribution >= 0.6 is 27.5 Å². The van der Waals surface area contributed by atoms with Crippen molar-refractivity contribution < 1.29 is 14.3 Å². The molecule has 0 amide bonds. The molecule has 7 heteroatoms. The van der Waals surface area contributed by atoms with Gasteiger partial charge in [-0.05, 0) is 34.1 Å². The van der Waals surface area contributed by atoms with Crippen LogP contribution in [0, 0.1) is 5.82 Å². The van der Waals surface area contributed by atoms with E-state index in [1.807, 2.05) is 0 Å². The maximum atomic E-state index is 13.0. The van der Waals surface area contributed by atoms with Gasteiger partial charge in [-0.1, -0.05) is 11.6 Å². The number of rotatable bonds is 3. The van der Waals surface area contributed by atoms with Gasteiger partial charge in [0.1, 0.15) is 11.5 Å². The number of carbonyl (C=O) groups is 1. The van der Waals surface area contributed by atoms with Gasteiger partial charge in [0, 0.05) is 5.56 Å². The molecule has 4 nitrogen and oxygen atoms in total. The Balaban J connectivity index is 2.42. The van der Waals surface area contributed by atoms with Crippen LogP contribution in [0.5, 0.6) is 0 Å². The van der Waals surface area contributed by atoms with Crippen molar-refractivity contribution in [3.63, 3.8) is 0 Å². The zero-order chi connectivity index (χ0) is 13.3. The van der Waals surface area contributed by atoms with Crippen LogP contribution in [0.3, 0.4) is 0 Å². The fourth-order valence-corrected chi connectivity index (χ4v) is 2.19. The lowest BCUT2D eigenvalue weighted by Crippen LogP contribution is -2.00. The molecule has 0 atom stereocenters. The van der Waals surface area contributed by atoms with Gasteiger partial charge in [-0.25, -0.2) is 4.39 Å². The number of aliphatic carboxylic acids is 1. The average molecular weight is 334 g/mol. The number of nitrogens with one attached hydrogen (secondary N) is 1. The summed E-state index contributed by atoms with van der Waals surface area (Å²) in [5.74, 6) is -1.49. The molecule has 0 saturated carbocycles. The van der Waals surface area contributed by atoms with E-state index in [1.54, 1.807) is 0 Å². The first kappa shape index (κ1) is 13.0. The Kier molecular flexibility index (Phi) is 3.68. The third-order valence-corrected chi connectivity index (χ3v) is 3.44. The Bertz CT molecular complexity index is 615. The minimum Gasteiger partial charge on any atom is -0.481 e. The molecule has 0 saturated heterocycles. The minimum absolute atomic E-state index is 0.0119. The van der Waals surface area contributed by atoms with Gasteiger partial charge in [-0.2, -0.15) is 5.10 Å². The van der Waals surface area contributed by atoms with Gasteiger partial charge in [0.2, 0.25) is 0 Å². The van der Waals surface area contributed by atoms with Crippen molar-refractivity contribution in [1.82, 2.24) is 10.2 Å². The second-order valence-electron chi connectivity index (χ2n) is 3.56. The van der Waals surface area contributed by atoms with Crippen molar-refractivity contribution in [3.8, 4) is 11.3 Å². The van der Waals surface area contributed by atoms with Crippen LogP contribution in [0.25, 0.3) is 11.3 Å². The van der Waals surface area contributed by atoms with Gasteiger partial charge in [0.25, 0.3) is 0 Å². The molecule has 2 aromatic rings. The predicted octanol–water partition coefficient (Wildman–Crippen LogP) is 3.26. The summed E-state index contributed by atoms with van der Waals surface area (Å²) in [4.78, 5) is 10.6. The molecule has 0 fully saturated rings. The lowest BCUT2D eigenvalue weighted by Gasteiger charge is -2.00. The first-order valence-electron chi connectivity index (χ1n) is 4.89. The first-order valence-corrected chi connectivity index (χ1v) is 6.06. The minimum atomic E-state index is -0.969. The Hall–Kier alpha value is -1.40. The molecular formula is C11H7BrClFN2O2. The summed E-state index contributed by atoms with van der Waals surface area (Å²) >= 11 is 8.95. The zero-order valence-corrected chi connectivity index (χ0v) is 11.2. The quantitative estimate of drug-likeness (QED) is 0.906. The number of aromatic amines is 1. The zero-order valence-electron chi connectivity index (χ0n) is 8.88. The highest BCUT2D eigenvalue weighted by atomic mass is 79.9. The van der Waals surface area contributed by atoms with Crippen molar-refractivity contribution in [1.29, 1.82) is 0 Å². The van der Waals surface area contributed by atoms with Crippen molar-refractivity contribution in [2.24, 2.45) is 0 Å². The molecule has 0 aliphatic carbocycles. The topological polar surface area (TPSA) is 66.0 Å². The summed E-state index contributed by atoms with van der Waals surface area (Å²) in [6.45, 7) is 0. The molecule has 1 heterocycles. The van der Waals surface area contributed by atoms with Gasteiger partial charge in [0.05, 0.1) is 21.6 Å². The summed E-state index contributed by atoms with van der Waals surface area (Å²) in [6, 6.07) is 4.19. The van der Waals surface area contributed by atoms with Crippen molar-refractivity contribution in [2.45, 2.75) is 6.42 Å². The molecular weight excluding hydrogens is 326 g/mol. The number of aromatic nitrogens is 2. The molecule has 1 aromatic carbocycles. The number of nitrogens with zero attached hydrogens (tertiary/aromatic N) is 1. The third-order valence-electron chi connectivity index (χ3n) is 2.30. The normalized spacial score (nSPS) is 10.6. The number of hydrogen-bond acceptors (Lipinski definition) is 2. The molecule has 0 aliphatic heterocycles. The van der Waals surface area contributed by atoms with Gasteiger partial charge in [-0.3, -0.25) is 9.89 Å². The molecule has 18 heavy (non-hydrogen) atoms. The van der Waals surface area contributed by atoms with Gasteiger partial charge in [-0.15, -0.1) is 0 Å². The van der Waals surface area contributed by atoms with E-state index in [0.29, 0.717) is 21.4 Å². The van der Waals surface area contributed by atoms with Crippen LogP contribution in [0.4, 0.5) is 4.39 Å². The molecule has 94 valence electrons. The highest BCUT2D eigenvalue weighted by molar-refractivity contribution is 9.10. The lowest BCUT2D eigenvalue weighted by atomic mass is 10.1. The third kappa shape index (κ3) is 2.54. The van der Waals surface area contributed by atoms with E-state index in [4.69, 9.17) is 16.7 Å². The van der Waals surface area contributed by atoms with E-state index in [1.165, 1.54) is 18.2 Å². The number of carboxylic acids is 1. The molecule has 0 aliphatic rings. The molecule has 1 aromatic heterocycles. The standard InChI is InChI=1S/C11H7BrClFN2O2/c12-10-8(4-9(17)18)15-16-11(10)5-1-2-7(14)6(13)3-5/h1-3H,4H2,(H,15,16)(H,17,18). The van der Waals surface area contributed by atoms with Crippen LogP contribution in [-0.2, 0) is 11.2 Å². The summed E-state index contributed by atoms with van der Waals surface area (Å²) in [5, 5.41) is 15.3. The molecule has 0 spiro atoms. The fourth-order valence-electron chi connectivity index (χ4n) is 1.47. The summed E-state index contributed by atoms with van der Waals surface area (Å²) in [5.41, 5.74) is 1.53. The molecule has 0 radical (unpaired) electrons. The van der Waals surface area contributed by atoms with E-state index in [0.717, 1.165) is 0 Å². The highest BCUT2D eigenvalue weighted by Gasteiger charge is 2.15. The molecule has 0 bridgehead atoms. The number of carboxylic acid groups (broad SMARTS) is 1. The van der Waals surface area contributed by atoms with Crippen LogP contribution in [-0.4, -0.2) is 21.3 Å². The SMILES string of the molecule is O=C(O)Cc1[nH]nc(-c2ccc(F)c(Cl)c2)c1Br. The second-order valence-corrected chi connectivity index (χ2v) is 4.76. The van der Waals surface area contributed by atoms with Gasteiger partial charge >= 0.3 is 5.97 Å². The van der Waals surface area contributed by atoms with E-state index >= 15 is 0 Å². The number of hydrogen-bond donors (Lipinski definition) is 2. The van der Waals surface area contributed by atoms with Crippen LogP contribution in [0.1, 0.15) is 5.69 Å². The number of H-pyrrole nitrogens is 1. The molecule has 2 rings (SSSR count). The monoisotopic (exact) mass is 332 g/mol. The van der Waals surface area contributed by atoms with Crippen LogP contribution in [0.2, 0.25) is 5.02 Å². The Morgan fingerprint density at radius 3 is 2.89 bits per heavy atom. The van der Waals surface area contributed by atoms with Crippen LogP contribution < -0.4 is 0 Å². The van der Waals surface area contributed by atoms with Crippen molar-refractivity contribution in [3.05, 3.63) is 39.2 Å². The van der Waals surface area contributed by atoms with E-state index in [-0.39, 0.29) is 11.4 Å². The van der Waals surface area contributed by atoms with E-state index in [9.17, 15) is 9.18 Å².